The van der Waals surface area contributed by atoms with Crippen LogP contribution in [0.1, 0.15) is 31.0 Å². The molecule has 0 bridgehead atoms. The van der Waals surface area contributed by atoms with E-state index in [4.69, 9.17) is 4.74 Å². The first-order valence-electron chi connectivity index (χ1n) is 9.37. The Kier molecular flexibility index (Phi) is 6.41. The molecule has 0 amide bonds. The third-order valence-electron chi connectivity index (χ3n) is 4.52. The lowest BCUT2D eigenvalue weighted by Crippen LogP contribution is -2.39. The molecular formula is C20H29N5O. The molecule has 1 aromatic carbocycles. The molecule has 0 atom stereocenters. The first-order chi connectivity index (χ1) is 12.6. The van der Waals surface area contributed by atoms with Gasteiger partial charge in [-0.2, -0.15) is 4.98 Å². The van der Waals surface area contributed by atoms with Crippen LogP contribution in [0.2, 0.25) is 0 Å². The van der Waals surface area contributed by atoms with Gasteiger partial charge in [0.05, 0.1) is 13.2 Å². The molecule has 6 heteroatoms. The van der Waals surface area contributed by atoms with Gasteiger partial charge in [-0.1, -0.05) is 32.0 Å². The third kappa shape index (κ3) is 5.16. The van der Waals surface area contributed by atoms with Crippen LogP contribution in [-0.2, 0) is 4.74 Å². The summed E-state index contributed by atoms with van der Waals surface area (Å²) in [6.07, 6.45) is 0. The maximum Gasteiger partial charge on any atom is 0.229 e. The van der Waals surface area contributed by atoms with Crippen molar-refractivity contribution in [3.8, 4) is 0 Å². The first-order valence-corrected chi connectivity index (χ1v) is 9.37. The molecular weight excluding hydrogens is 326 g/mol. The molecule has 1 aliphatic heterocycles. The van der Waals surface area contributed by atoms with Crippen molar-refractivity contribution in [2.45, 2.75) is 26.7 Å². The van der Waals surface area contributed by atoms with E-state index in [0.29, 0.717) is 11.9 Å². The highest BCUT2D eigenvalue weighted by Crippen LogP contribution is 2.26. The van der Waals surface area contributed by atoms with Gasteiger partial charge in [-0.15, -0.1) is 0 Å². The van der Waals surface area contributed by atoms with Crippen molar-refractivity contribution in [2.24, 2.45) is 0 Å². The van der Waals surface area contributed by atoms with Crippen molar-refractivity contribution in [1.29, 1.82) is 0 Å². The van der Waals surface area contributed by atoms with Crippen LogP contribution in [0.25, 0.3) is 0 Å². The van der Waals surface area contributed by atoms with Crippen LogP contribution in [0.4, 0.5) is 17.5 Å². The van der Waals surface area contributed by atoms with Crippen LogP contribution in [0, 0.1) is 6.92 Å². The predicted molar refractivity (Wildman–Crippen MR) is 106 cm³/mol. The molecule has 3 rings (SSSR count). The number of morpholine rings is 1. The van der Waals surface area contributed by atoms with Gasteiger partial charge in [-0.3, -0.25) is 4.90 Å². The number of aromatic nitrogens is 2. The Balaban J connectivity index is 1.64. The Bertz CT molecular complexity index is 713. The third-order valence-corrected chi connectivity index (χ3v) is 4.52. The van der Waals surface area contributed by atoms with Crippen molar-refractivity contribution >= 4 is 17.5 Å². The van der Waals surface area contributed by atoms with E-state index in [1.165, 1.54) is 5.56 Å². The zero-order chi connectivity index (χ0) is 18.4. The molecule has 6 nitrogen and oxygen atoms in total. The number of hydrogen-bond donors (Lipinski definition) is 2. The van der Waals surface area contributed by atoms with Gasteiger partial charge in [0.15, 0.2) is 0 Å². The van der Waals surface area contributed by atoms with E-state index in [1.807, 2.05) is 19.1 Å². The molecule has 140 valence electrons. The average molecular weight is 355 g/mol. The number of ether oxygens (including phenoxy) is 1. The smallest absolute Gasteiger partial charge is 0.229 e. The number of nitrogens with one attached hydrogen (secondary N) is 2. The number of nitrogens with zero attached hydrogens (tertiary/aromatic N) is 3. The fraction of sp³-hybridized carbons (Fsp3) is 0.500. The van der Waals surface area contributed by atoms with Gasteiger partial charge in [-0.25, -0.2) is 4.98 Å². The predicted octanol–water partition coefficient (Wildman–Crippen LogP) is 3.40. The lowest BCUT2D eigenvalue weighted by Gasteiger charge is -2.26. The van der Waals surface area contributed by atoms with E-state index in [0.717, 1.165) is 56.6 Å². The molecule has 1 aromatic heterocycles. The maximum atomic E-state index is 5.39. The highest BCUT2D eigenvalue weighted by molar-refractivity contribution is 5.60. The minimum absolute atomic E-state index is 0.439. The lowest BCUT2D eigenvalue weighted by molar-refractivity contribution is 0.0398. The Morgan fingerprint density at radius 1 is 1.15 bits per heavy atom. The normalized spacial score (nSPS) is 15.2. The van der Waals surface area contributed by atoms with E-state index in [2.05, 4.69) is 57.5 Å². The molecule has 2 aromatic rings. The van der Waals surface area contributed by atoms with Gasteiger partial charge in [0, 0.05) is 43.6 Å². The van der Waals surface area contributed by atoms with Gasteiger partial charge in [0.2, 0.25) is 5.95 Å². The van der Waals surface area contributed by atoms with Crippen molar-refractivity contribution in [3.05, 3.63) is 41.6 Å². The van der Waals surface area contributed by atoms with Gasteiger partial charge in [-0.05, 0) is 24.5 Å². The van der Waals surface area contributed by atoms with E-state index < -0.39 is 0 Å². The van der Waals surface area contributed by atoms with E-state index >= 15 is 0 Å². The number of hydrogen-bond acceptors (Lipinski definition) is 6. The molecule has 1 saturated heterocycles. The zero-order valence-electron chi connectivity index (χ0n) is 16.0. The van der Waals surface area contributed by atoms with Crippen LogP contribution < -0.4 is 10.6 Å². The second-order valence-corrected chi connectivity index (χ2v) is 6.97. The summed E-state index contributed by atoms with van der Waals surface area (Å²) < 4.78 is 5.39. The van der Waals surface area contributed by atoms with Crippen molar-refractivity contribution in [1.82, 2.24) is 14.9 Å². The number of benzene rings is 1. The molecule has 0 saturated carbocycles. The van der Waals surface area contributed by atoms with E-state index in [1.54, 1.807) is 0 Å². The number of rotatable bonds is 7. The average Bonchev–Trinajstić information content (AvgIpc) is 2.62. The summed E-state index contributed by atoms with van der Waals surface area (Å²) in [6, 6.07) is 10.3. The van der Waals surface area contributed by atoms with Gasteiger partial charge in [0.25, 0.3) is 0 Å². The topological polar surface area (TPSA) is 62.3 Å². The van der Waals surface area contributed by atoms with Gasteiger partial charge < -0.3 is 15.4 Å². The zero-order valence-corrected chi connectivity index (χ0v) is 16.0. The van der Waals surface area contributed by atoms with Crippen LogP contribution >= 0.6 is 0 Å². The Labute approximate surface area is 156 Å². The van der Waals surface area contributed by atoms with Crippen molar-refractivity contribution < 1.29 is 4.74 Å². The number of para-hydroxylation sites is 1. The van der Waals surface area contributed by atoms with Gasteiger partial charge in [0.1, 0.15) is 5.82 Å². The van der Waals surface area contributed by atoms with Crippen LogP contribution in [0.5, 0.6) is 0 Å². The monoisotopic (exact) mass is 355 g/mol. The van der Waals surface area contributed by atoms with Crippen LogP contribution in [-0.4, -0.2) is 54.3 Å². The Morgan fingerprint density at radius 2 is 1.92 bits per heavy atom. The molecule has 2 N–H and O–H groups in total. The minimum Gasteiger partial charge on any atom is -0.379 e. The van der Waals surface area contributed by atoms with Crippen molar-refractivity contribution in [2.75, 3.05) is 50.0 Å². The fourth-order valence-electron chi connectivity index (χ4n) is 3.12. The molecule has 26 heavy (non-hydrogen) atoms. The molecule has 0 radical (unpaired) electrons. The largest absolute Gasteiger partial charge is 0.379 e. The number of aryl methyl sites for hydroxylation is 1. The summed E-state index contributed by atoms with van der Waals surface area (Å²) in [7, 11) is 0. The molecule has 0 spiro atoms. The summed E-state index contributed by atoms with van der Waals surface area (Å²) in [6.45, 7) is 11.9. The summed E-state index contributed by atoms with van der Waals surface area (Å²) in [5.74, 6) is 1.93. The highest BCUT2D eigenvalue weighted by Gasteiger charge is 2.11. The van der Waals surface area contributed by atoms with E-state index in [-0.39, 0.29) is 0 Å². The summed E-state index contributed by atoms with van der Waals surface area (Å²) in [4.78, 5) is 11.6. The Hall–Kier alpha value is -2.18. The van der Waals surface area contributed by atoms with E-state index in [9.17, 15) is 0 Å². The first kappa shape index (κ1) is 18.6. The van der Waals surface area contributed by atoms with Crippen LogP contribution in [0.15, 0.2) is 30.3 Å². The highest BCUT2D eigenvalue weighted by atomic mass is 16.5. The maximum absolute atomic E-state index is 5.39. The summed E-state index contributed by atoms with van der Waals surface area (Å²) in [5, 5.41) is 6.81. The second kappa shape index (κ2) is 8.96. The Morgan fingerprint density at radius 3 is 2.69 bits per heavy atom. The molecule has 1 aliphatic rings. The minimum atomic E-state index is 0.439. The quantitative estimate of drug-likeness (QED) is 0.794. The van der Waals surface area contributed by atoms with Crippen LogP contribution in [0.3, 0.4) is 0 Å². The number of anilines is 3. The molecule has 0 aliphatic carbocycles. The van der Waals surface area contributed by atoms with Crippen molar-refractivity contribution in [3.63, 3.8) is 0 Å². The summed E-state index contributed by atoms with van der Waals surface area (Å²) in [5.41, 5.74) is 3.27. The molecule has 2 heterocycles. The molecule has 0 unspecified atom stereocenters. The fourth-order valence-corrected chi connectivity index (χ4v) is 3.12. The lowest BCUT2D eigenvalue weighted by atomic mass is 10.0. The summed E-state index contributed by atoms with van der Waals surface area (Å²) >= 11 is 0. The standard InChI is InChI=1S/C20H29N5O/c1-15(2)17-6-4-5-7-18(17)23-20-22-16(3)14-19(24-20)21-8-9-25-10-12-26-13-11-25/h4-7,14-15H,8-13H2,1-3H3,(H2,21,22,23,24). The second-order valence-electron chi connectivity index (χ2n) is 6.97. The SMILES string of the molecule is Cc1cc(NCCN2CCOCC2)nc(Nc2ccccc2C(C)C)n1. The molecule has 1 fully saturated rings. The van der Waals surface area contributed by atoms with Gasteiger partial charge >= 0.3 is 0 Å².